The Morgan fingerprint density at radius 2 is 1.96 bits per heavy atom. The SMILES string of the molecule is C=C1C=CC(N2CN(c3ccc(F)cc3C)c3cnccc3C2=O)=C(C)N1. The van der Waals surface area contributed by atoms with Crippen LogP contribution in [-0.4, -0.2) is 22.5 Å². The molecule has 1 N–H and O–H groups in total. The quantitative estimate of drug-likeness (QED) is 0.878. The van der Waals surface area contributed by atoms with E-state index < -0.39 is 0 Å². The fraction of sp³-hybridized carbons (Fsp3) is 0.143. The molecule has 0 radical (unpaired) electrons. The van der Waals surface area contributed by atoms with Crippen molar-refractivity contribution < 1.29 is 9.18 Å². The summed E-state index contributed by atoms with van der Waals surface area (Å²) in [6.45, 7) is 7.96. The van der Waals surface area contributed by atoms with Crippen LogP contribution in [0.15, 0.2) is 72.5 Å². The molecular weight excluding hydrogens is 343 g/mol. The Bertz CT molecular complexity index is 1020. The third-order valence-electron chi connectivity index (χ3n) is 4.76. The van der Waals surface area contributed by atoms with Crippen LogP contribution in [0.25, 0.3) is 0 Å². The van der Waals surface area contributed by atoms with Crippen LogP contribution in [0.3, 0.4) is 0 Å². The summed E-state index contributed by atoms with van der Waals surface area (Å²) in [4.78, 5) is 21.0. The number of aryl methyl sites for hydroxylation is 1. The highest BCUT2D eigenvalue weighted by Gasteiger charge is 2.33. The molecule has 136 valence electrons. The van der Waals surface area contributed by atoms with Crippen LogP contribution in [0.2, 0.25) is 0 Å². The van der Waals surface area contributed by atoms with Gasteiger partial charge in [-0.1, -0.05) is 6.58 Å². The molecule has 1 aromatic heterocycles. The molecule has 0 saturated heterocycles. The van der Waals surface area contributed by atoms with Crippen LogP contribution in [0.4, 0.5) is 15.8 Å². The maximum absolute atomic E-state index is 13.6. The number of carbonyl (C=O) groups excluding carboxylic acids is 1. The summed E-state index contributed by atoms with van der Waals surface area (Å²) in [6, 6.07) is 6.36. The molecule has 0 bridgehead atoms. The van der Waals surface area contributed by atoms with Crippen molar-refractivity contribution in [3.63, 3.8) is 0 Å². The van der Waals surface area contributed by atoms with E-state index in [1.807, 2.05) is 30.9 Å². The van der Waals surface area contributed by atoms with E-state index >= 15 is 0 Å². The molecule has 5 nitrogen and oxygen atoms in total. The van der Waals surface area contributed by atoms with E-state index in [4.69, 9.17) is 0 Å². The largest absolute Gasteiger partial charge is 0.358 e. The van der Waals surface area contributed by atoms with E-state index in [0.29, 0.717) is 17.9 Å². The highest BCUT2D eigenvalue weighted by Crippen LogP contribution is 2.36. The Hall–Kier alpha value is -3.41. The second kappa shape index (κ2) is 6.39. The van der Waals surface area contributed by atoms with Gasteiger partial charge >= 0.3 is 0 Å². The van der Waals surface area contributed by atoms with Crippen molar-refractivity contribution in [3.05, 3.63) is 89.4 Å². The first-order valence-electron chi connectivity index (χ1n) is 8.60. The van der Waals surface area contributed by atoms with E-state index in [1.54, 1.807) is 29.4 Å². The molecule has 0 aliphatic carbocycles. The van der Waals surface area contributed by atoms with Gasteiger partial charge in [0.1, 0.15) is 12.5 Å². The molecule has 0 saturated carbocycles. The van der Waals surface area contributed by atoms with Crippen LogP contribution in [0.5, 0.6) is 0 Å². The van der Waals surface area contributed by atoms with E-state index in [1.165, 1.54) is 12.1 Å². The lowest BCUT2D eigenvalue weighted by Gasteiger charge is -2.39. The summed E-state index contributed by atoms with van der Waals surface area (Å²) in [5, 5.41) is 3.17. The first-order chi connectivity index (χ1) is 13.0. The number of nitrogens with one attached hydrogen (secondary N) is 1. The van der Waals surface area contributed by atoms with Crippen molar-refractivity contribution in [2.24, 2.45) is 0 Å². The first kappa shape index (κ1) is 17.0. The maximum atomic E-state index is 13.6. The van der Waals surface area contributed by atoms with Crippen molar-refractivity contribution in [1.82, 2.24) is 15.2 Å². The predicted octanol–water partition coefficient (Wildman–Crippen LogP) is 3.99. The van der Waals surface area contributed by atoms with Gasteiger partial charge in [-0.15, -0.1) is 0 Å². The minimum absolute atomic E-state index is 0.100. The molecule has 6 heteroatoms. The van der Waals surface area contributed by atoms with Crippen molar-refractivity contribution >= 4 is 17.3 Å². The van der Waals surface area contributed by atoms with Gasteiger partial charge in [-0.05, 0) is 55.8 Å². The number of carbonyl (C=O) groups is 1. The van der Waals surface area contributed by atoms with Crippen LogP contribution < -0.4 is 10.2 Å². The van der Waals surface area contributed by atoms with Crippen LogP contribution >= 0.6 is 0 Å². The molecule has 2 aliphatic heterocycles. The minimum atomic E-state index is -0.288. The lowest BCUT2D eigenvalue weighted by atomic mass is 10.1. The first-order valence-corrected chi connectivity index (χ1v) is 8.60. The molecule has 0 fully saturated rings. The zero-order valence-electron chi connectivity index (χ0n) is 15.2. The molecule has 2 aromatic rings. The average Bonchev–Trinajstić information content (AvgIpc) is 2.64. The predicted molar refractivity (Wildman–Crippen MR) is 103 cm³/mol. The lowest BCUT2D eigenvalue weighted by Crippen LogP contribution is -2.45. The standard InChI is InChI=1S/C21H19FN4O/c1-13-10-16(22)5-7-18(13)25-12-26(19-6-4-14(2)24-15(19)3)21(27)17-8-9-23-11-20(17)25/h4-11,24H,2,12H2,1,3H3. The van der Waals surface area contributed by atoms with Gasteiger partial charge in [-0.2, -0.15) is 0 Å². The van der Waals surface area contributed by atoms with E-state index in [0.717, 1.165) is 28.3 Å². The van der Waals surface area contributed by atoms with Crippen molar-refractivity contribution in [2.45, 2.75) is 13.8 Å². The molecule has 4 rings (SSSR count). The lowest BCUT2D eigenvalue weighted by molar-refractivity contribution is 0.0800. The van der Waals surface area contributed by atoms with Crippen LogP contribution in [-0.2, 0) is 0 Å². The van der Waals surface area contributed by atoms with Gasteiger partial charge < -0.3 is 10.2 Å². The van der Waals surface area contributed by atoms with Crippen molar-refractivity contribution in [3.8, 4) is 0 Å². The second-order valence-electron chi connectivity index (χ2n) is 6.62. The summed E-state index contributed by atoms with van der Waals surface area (Å²) in [5.41, 5.74) is 5.29. The zero-order valence-corrected chi connectivity index (χ0v) is 15.2. The summed E-state index contributed by atoms with van der Waals surface area (Å²) in [7, 11) is 0. The monoisotopic (exact) mass is 362 g/mol. The van der Waals surface area contributed by atoms with Crippen LogP contribution in [0, 0.1) is 12.7 Å². The number of allylic oxidation sites excluding steroid dienone is 3. The maximum Gasteiger partial charge on any atom is 0.262 e. The number of nitrogens with zero attached hydrogens (tertiary/aromatic N) is 3. The molecule has 1 amide bonds. The zero-order chi connectivity index (χ0) is 19.1. The third-order valence-corrected chi connectivity index (χ3v) is 4.76. The van der Waals surface area contributed by atoms with E-state index in [2.05, 4.69) is 16.9 Å². The minimum Gasteiger partial charge on any atom is -0.358 e. The Kier molecular flexibility index (Phi) is 4.03. The van der Waals surface area contributed by atoms with E-state index in [9.17, 15) is 9.18 Å². The van der Waals surface area contributed by atoms with Gasteiger partial charge in [0.25, 0.3) is 5.91 Å². The number of anilines is 2. The molecule has 0 unspecified atom stereocenters. The third kappa shape index (κ3) is 2.89. The molecule has 2 aliphatic rings. The Morgan fingerprint density at radius 1 is 1.15 bits per heavy atom. The molecular formula is C21H19FN4O. The number of aromatic nitrogens is 1. The number of halogens is 1. The number of rotatable bonds is 2. The number of benzene rings is 1. The fourth-order valence-electron chi connectivity index (χ4n) is 3.47. The second-order valence-corrected chi connectivity index (χ2v) is 6.62. The van der Waals surface area contributed by atoms with Gasteiger partial charge in [0.05, 0.1) is 23.1 Å². The number of pyridine rings is 1. The summed E-state index contributed by atoms with van der Waals surface area (Å²) in [6.07, 6.45) is 7.00. The molecule has 1 aromatic carbocycles. The van der Waals surface area contributed by atoms with Gasteiger partial charge in [0, 0.05) is 23.3 Å². The van der Waals surface area contributed by atoms with Gasteiger partial charge in [-0.3, -0.25) is 14.7 Å². The molecule has 0 atom stereocenters. The van der Waals surface area contributed by atoms with Crippen molar-refractivity contribution in [2.75, 3.05) is 11.6 Å². The number of hydrogen-bond acceptors (Lipinski definition) is 4. The smallest absolute Gasteiger partial charge is 0.262 e. The highest BCUT2D eigenvalue weighted by atomic mass is 19.1. The highest BCUT2D eigenvalue weighted by molar-refractivity contribution is 6.03. The number of dihydropyridines is 1. The van der Waals surface area contributed by atoms with Crippen molar-refractivity contribution in [1.29, 1.82) is 0 Å². The molecule has 27 heavy (non-hydrogen) atoms. The Morgan fingerprint density at radius 3 is 2.70 bits per heavy atom. The molecule has 0 spiro atoms. The normalized spacial score (nSPS) is 16.6. The molecule has 3 heterocycles. The van der Waals surface area contributed by atoms with Gasteiger partial charge in [-0.25, -0.2) is 4.39 Å². The Balaban J connectivity index is 1.84. The summed E-state index contributed by atoms with van der Waals surface area (Å²) >= 11 is 0. The summed E-state index contributed by atoms with van der Waals surface area (Å²) in [5.74, 6) is -0.388. The fourth-order valence-corrected chi connectivity index (χ4v) is 3.47. The van der Waals surface area contributed by atoms with Gasteiger partial charge in [0.2, 0.25) is 0 Å². The number of fused-ring (bicyclic) bond motifs is 1. The van der Waals surface area contributed by atoms with Gasteiger partial charge in [0.15, 0.2) is 0 Å². The van der Waals surface area contributed by atoms with Crippen LogP contribution in [0.1, 0.15) is 22.8 Å². The number of amides is 1. The number of hydrogen-bond donors (Lipinski definition) is 1. The average molecular weight is 362 g/mol. The topological polar surface area (TPSA) is 48.5 Å². The summed E-state index contributed by atoms with van der Waals surface area (Å²) < 4.78 is 13.6. The van der Waals surface area contributed by atoms with E-state index in [-0.39, 0.29) is 11.7 Å². The Labute approximate surface area is 157 Å².